The average Bonchev–Trinajstić information content (AvgIpc) is 3.00. The number of aromatic nitrogens is 2. The summed E-state index contributed by atoms with van der Waals surface area (Å²) in [6.45, 7) is 3.70. The number of carbonyl (C=O) groups excluding carboxylic acids is 1. The Hall–Kier alpha value is -2.15. The van der Waals surface area contributed by atoms with E-state index in [4.69, 9.17) is 0 Å². The molecule has 26 heavy (non-hydrogen) atoms. The molecule has 0 saturated heterocycles. The lowest BCUT2D eigenvalue weighted by atomic mass is 9.87. The number of hydrogen-bond acceptors (Lipinski definition) is 4. The lowest BCUT2D eigenvalue weighted by Crippen LogP contribution is -2.33. The van der Waals surface area contributed by atoms with Gasteiger partial charge in [-0.3, -0.25) is 4.79 Å². The minimum absolute atomic E-state index is 0.0418. The molecule has 0 amide bonds. The van der Waals surface area contributed by atoms with Crippen molar-refractivity contribution < 1.29 is 13.2 Å². The van der Waals surface area contributed by atoms with Gasteiger partial charge in [-0.15, -0.1) is 0 Å². The molecule has 1 fully saturated rings. The summed E-state index contributed by atoms with van der Waals surface area (Å²) in [5.74, 6) is -0.0567. The van der Waals surface area contributed by atoms with Gasteiger partial charge in [-0.25, -0.2) is 17.8 Å². The Labute approximate surface area is 153 Å². The van der Waals surface area contributed by atoms with E-state index in [0.717, 1.165) is 47.6 Å². The smallest absolute Gasteiger partial charge is 0.274 e. The SMILES string of the molecule is Cc1ccc(S(=O)(=O)n2ccn(C(=O)CC3CCCCC3)c2=O)cc1C. The summed E-state index contributed by atoms with van der Waals surface area (Å²) < 4.78 is 27.1. The van der Waals surface area contributed by atoms with Crippen LogP contribution in [-0.4, -0.2) is 22.9 Å². The number of carbonyl (C=O) groups is 1. The first-order valence-corrected chi connectivity index (χ1v) is 10.4. The molecule has 0 spiro atoms. The molecule has 1 aromatic carbocycles. The van der Waals surface area contributed by atoms with E-state index in [2.05, 4.69) is 0 Å². The van der Waals surface area contributed by atoms with E-state index >= 15 is 0 Å². The zero-order valence-electron chi connectivity index (χ0n) is 15.1. The Bertz CT molecular complexity index is 979. The summed E-state index contributed by atoms with van der Waals surface area (Å²) >= 11 is 0. The second kappa shape index (κ2) is 7.23. The van der Waals surface area contributed by atoms with E-state index in [9.17, 15) is 18.0 Å². The van der Waals surface area contributed by atoms with Crippen LogP contribution in [0.15, 0.2) is 40.3 Å². The van der Waals surface area contributed by atoms with Crippen LogP contribution >= 0.6 is 0 Å². The zero-order chi connectivity index (χ0) is 18.9. The number of rotatable bonds is 4. The lowest BCUT2D eigenvalue weighted by molar-refractivity contribution is 0.0864. The van der Waals surface area contributed by atoms with E-state index in [1.54, 1.807) is 6.07 Å². The third-order valence-corrected chi connectivity index (χ3v) is 6.88. The minimum Gasteiger partial charge on any atom is -0.274 e. The molecule has 0 unspecified atom stereocenters. The molecule has 140 valence electrons. The molecule has 7 heteroatoms. The molecule has 6 nitrogen and oxygen atoms in total. The Morgan fingerprint density at radius 3 is 2.42 bits per heavy atom. The first-order valence-electron chi connectivity index (χ1n) is 8.97. The quantitative estimate of drug-likeness (QED) is 0.821. The lowest BCUT2D eigenvalue weighted by Gasteiger charge is -2.20. The predicted octanol–water partition coefficient (Wildman–Crippen LogP) is 3.11. The molecule has 0 aliphatic heterocycles. The van der Waals surface area contributed by atoms with E-state index in [0.29, 0.717) is 3.97 Å². The van der Waals surface area contributed by atoms with Gasteiger partial charge in [0.2, 0.25) is 5.91 Å². The first-order chi connectivity index (χ1) is 12.3. The van der Waals surface area contributed by atoms with E-state index < -0.39 is 15.7 Å². The van der Waals surface area contributed by atoms with Gasteiger partial charge in [0.15, 0.2) is 0 Å². The highest BCUT2D eigenvalue weighted by Crippen LogP contribution is 2.26. The monoisotopic (exact) mass is 376 g/mol. The fourth-order valence-corrected chi connectivity index (χ4v) is 4.76. The highest BCUT2D eigenvalue weighted by Gasteiger charge is 2.24. The van der Waals surface area contributed by atoms with Gasteiger partial charge in [-0.2, -0.15) is 3.97 Å². The van der Waals surface area contributed by atoms with Gasteiger partial charge in [-0.05, 0) is 55.9 Å². The predicted molar refractivity (Wildman–Crippen MR) is 99.0 cm³/mol. The Balaban J connectivity index is 1.89. The van der Waals surface area contributed by atoms with Crippen molar-refractivity contribution in [2.45, 2.75) is 57.3 Å². The van der Waals surface area contributed by atoms with E-state index in [1.165, 1.54) is 24.8 Å². The van der Waals surface area contributed by atoms with Crippen molar-refractivity contribution in [1.29, 1.82) is 0 Å². The third-order valence-electron chi connectivity index (χ3n) is 5.24. The van der Waals surface area contributed by atoms with Crippen LogP contribution in [0.25, 0.3) is 0 Å². The van der Waals surface area contributed by atoms with Crippen LogP contribution in [0.3, 0.4) is 0 Å². The van der Waals surface area contributed by atoms with Crippen LogP contribution < -0.4 is 5.69 Å². The van der Waals surface area contributed by atoms with Gasteiger partial charge in [-0.1, -0.05) is 25.3 Å². The van der Waals surface area contributed by atoms with Gasteiger partial charge < -0.3 is 0 Å². The van der Waals surface area contributed by atoms with Gasteiger partial charge in [0.1, 0.15) is 0 Å². The van der Waals surface area contributed by atoms with Gasteiger partial charge in [0.05, 0.1) is 4.90 Å². The Morgan fingerprint density at radius 2 is 1.77 bits per heavy atom. The molecule has 2 aromatic rings. The van der Waals surface area contributed by atoms with Gasteiger partial charge in [0.25, 0.3) is 10.0 Å². The summed E-state index contributed by atoms with van der Waals surface area (Å²) in [4.78, 5) is 25.1. The molecule has 1 aliphatic carbocycles. The summed E-state index contributed by atoms with van der Waals surface area (Å²) in [7, 11) is -4.02. The summed E-state index contributed by atoms with van der Waals surface area (Å²) in [6.07, 6.45) is 8.08. The minimum atomic E-state index is -4.02. The molecular formula is C19H24N2O4S. The van der Waals surface area contributed by atoms with E-state index in [1.807, 2.05) is 13.8 Å². The highest BCUT2D eigenvalue weighted by molar-refractivity contribution is 7.90. The molecule has 1 saturated carbocycles. The maximum Gasteiger partial charge on any atom is 0.349 e. The van der Waals surface area contributed by atoms with Crippen molar-refractivity contribution in [2.24, 2.45) is 5.92 Å². The largest absolute Gasteiger partial charge is 0.349 e. The van der Waals surface area contributed by atoms with Crippen molar-refractivity contribution in [1.82, 2.24) is 8.54 Å². The van der Waals surface area contributed by atoms with Crippen molar-refractivity contribution in [3.05, 3.63) is 52.2 Å². The standard InChI is InChI=1S/C19H24N2O4S/c1-14-8-9-17(12-15(14)2)26(24,25)21-11-10-20(19(21)23)18(22)13-16-6-4-3-5-7-16/h8-12,16H,3-7,13H2,1-2H3. The zero-order valence-corrected chi connectivity index (χ0v) is 16.0. The molecule has 1 heterocycles. The highest BCUT2D eigenvalue weighted by atomic mass is 32.2. The molecule has 0 N–H and O–H groups in total. The van der Waals surface area contributed by atoms with Crippen LogP contribution in [0.5, 0.6) is 0 Å². The molecule has 1 aromatic heterocycles. The van der Waals surface area contributed by atoms with Crippen LogP contribution in [0.2, 0.25) is 0 Å². The fraction of sp³-hybridized carbons (Fsp3) is 0.474. The van der Waals surface area contributed by atoms with E-state index in [-0.39, 0.29) is 23.1 Å². The summed E-state index contributed by atoms with van der Waals surface area (Å²) in [6, 6.07) is 4.72. The van der Waals surface area contributed by atoms with Gasteiger partial charge in [0, 0.05) is 18.8 Å². The third kappa shape index (κ3) is 3.53. The van der Waals surface area contributed by atoms with Gasteiger partial charge >= 0.3 is 5.69 Å². The maximum atomic E-state index is 12.8. The summed E-state index contributed by atoms with van der Waals surface area (Å²) in [5, 5.41) is 0. The van der Waals surface area contributed by atoms with Crippen molar-refractivity contribution in [3.63, 3.8) is 0 Å². The number of benzene rings is 1. The Morgan fingerprint density at radius 1 is 1.08 bits per heavy atom. The maximum absolute atomic E-state index is 12.8. The van der Waals surface area contributed by atoms with Crippen LogP contribution in [0.4, 0.5) is 0 Å². The average molecular weight is 376 g/mol. The number of hydrogen-bond donors (Lipinski definition) is 0. The molecule has 3 rings (SSSR count). The number of aryl methyl sites for hydroxylation is 2. The molecule has 0 bridgehead atoms. The molecule has 0 atom stereocenters. The molecule has 1 aliphatic rings. The van der Waals surface area contributed by atoms with Crippen LogP contribution in [0, 0.1) is 19.8 Å². The molecular weight excluding hydrogens is 352 g/mol. The molecule has 0 radical (unpaired) electrons. The first kappa shape index (κ1) is 18.6. The topological polar surface area (TPSA) is 78.1 Å². The van der Waals surface area contributed by atoms with Crippen molar-refractivity contribution in [3.8, 4) is 0 Å². The number of imidazole rings is 1. The summed E-state index contributed by atoms with van der Waals surface area (Å²) in [5.41, 5.74) is 0.965. The van der Waals surface area contributed by atoms with Crippen molar-refractivity contribution in [2.75, 3.05) is 0 Å². The van der Waals surface area contributed by atoms with Crippen LogP contribution in [0.1, 0.15) is 54.4 Å². The second-order valence-corrected chi connectivity index (χ2v) is 8.91. The normalized spacial score (nSPS) is 15.9. The van der Waals surface area contributed by atoms with Crippen LogP contribution in [-0.2, 0) is 10.0 Å². The second-order valence-electron chi connectivity index (χ2n) is 7.10. The number of nitrogens with zero attached hydrogens (tertiary/aromatic N) is 2. The fourth-order valence-electron chi connectivity index (χ4n) is 3.46. The Kier molecular flexibility index (Phi) is 5.18. The van der Waals surface area contributed by atoms with Crippen molar-refractivity contribution >= 4 is 15.9 Å².